The maximum absolute atomic E-state index is 12.9. The van der Waals surface area contributed by atoms with Gasteiger partial charge >= 0.3 is 0 Å². The molecule has 3 rings (SSSR count). The van der Waals surface area contributed by atoms with Gasteiger partial charge < -0.3 is 10.3 Å². The summed E-state index contributed by atoms with van der Waals surface area (Å²) in [4.78, 5) is 15.3. The Balaban J connectivity index is 1.73. The van der Waals surface area contributed by atoms with Crippen molar-refractivity contribution in [3.8, 4) is 0 Å². The number of carbonyl (C=O) groups is 1. The molecule has 0 unspecified atom stereocenters. The average Bonchev–Trinajstić information content (AvgIpc) is 2.82. The van der Waals surface area contributed by atoms with Gasteiger partial charge in [0.15, 0.2) is 0 Å². The number of carbonyl (C=O) groups excluding carboxylic acids is 1. The molecule has 0 saturated heterocycles. The van der Waals surface area contributed by atoms with Crippen LogP contribution in [0.3, 0.4) is 0 Å². The Morgan fingerprint density at radius 3 is 2.58 bits per heavy atom. The molecule has 1 amide bonds. The topological polar surface area (TPSA) is 98.3 Å². The van der Waals surface area contributed by atoms with Gasteiger partial charge in [0.2, 0.25) is 10.0 Å². The third-order valence-corrected chi connectivity index (χ3v) is 5.79. The number of sulfonamides is 1. The van der Waals surface area contributed by atoms with E-state index in [1.807, 2.05) is 0 Å². The lowest BCUT2D eigenvalue weighted by atomic mass is 10.2. The van der Waals surface area contributed by atoms with Crippen molar-refractivity contribution in [2.75, 3.05) is 13.1 Å². The summed E-state index contributed by atoms with van der Waals surface area (Å²) in [6.07, 6.45) is 1.95. The van der Waals surface area contributed by atoms with Crippen molar-refractivity contribution in [1.29, 1.82) is 0 Å². The molecule has 7 nitrogen and oxygen atoms in total. The Labute approximate surface area is 138 Å². The van der Waals surface area contributed by atoms with Crippen LogP contribution in [0, 0.1) is 5.82 Å². The Bertz CT molecular complexity index is 836. The number of nitrogens with two attached hydrogens (primary N) is 1. The van der Waals surface area contributed by atoms with E-state index in [0.29, 0.717) is 24.4 Å². The van der Waals surface area contributed by atoms with Crippen LogP contribution in [0.1, 0.15) is 21.9 Å². The van der Waals surface area contributed by atoms with Crippen molar-refractivity contribution in [2.45, 2.75) is 18.7 Å². The summed E-state index contributed by atoms with van der Waals surface area (Å²) in [6, 6.07) is 5.42. The third kappa shape index (κ3) is 3.46. The first-order valence-electron chi connectivity index (χ1n) is 7.43. The first-order valence-corrected chi connectivity index (χ1v) is 9.04. The molecule has 0 radical (unpaired) electrons. The van der Waals surface area contributed by atoms with E-state index >= 15 is 0 Å². The van der Waals surface area contributed by atoms with Crippen molar-refractivity contribution < 1.29 is 17.6 Å². The summed E-state index contributed by atoms with van der Waals surface area (Å²) in [6.45, 7) is 0.960. The maximum Gasteiger partial charge on any atom is 0.268 e. The zero-order valence-electron chi connectivity index (χ0n) is 12.9. The molecule has 128 valence electrons. The van der Waals surface area contributed by atoms with Crippen molar-refractivity contribution >= 4 is 15.9 Å². The molecule has 2 heterocycles. The number of nitrogens with zero attached hydrogens (tertiary/aromatic N) is 3. The third-order valence-electron chi connectivity index (χ3n) is 3.94. The Hall–Kier alpha value is -2.26. The van der Waals surface area contributed by atoms with Crippen molar-refractivity contribution in [3.63, 3.8) is 0 Å². The van der Waals surface area contributed by atoms with Gasteiger partial charge in [0.05, 0.1) is 5.75 Å². The minimum atomic E-state index is -3.52. The lowest BCUT2D eigenvalue weighted by molar-refractivity contribution is 0.0995. The van der Waals surface area contributed by atoms with Crippen LogP contribution in [0.2, 0.25) is 0 Å². The van der Waals surface area contributed by atoms with Crippen LogP contribution < -0.4 is 5.73 Å². The fraction of sp³-hybridized carbons (Fsp3) is 0.333. The maximum atomic E-state index is 12.9. The second-order valence-electron chi connectivity index (χ2n) is 5.63. The minimum absolute atomic E-state index is 0.178. The molecule has 0 atom stereocenters. The second-order valence-corrected chi connectivity index (χ2v) is 7.60. The Kier molecular flexibility index (Phi) is 4.37. The summed E-state index contributed by atoms with van der Waals surface area (Å²) in [5, 5.41) is 0. The summed E-state index contributed by atoms with van der Waals surface area (Å²) in [7, 11) is -3.52. The molecule has 1 aliphatic rings. The van der Waals surface area contributed by atoms with Gasteiger partial charge in [0.25, 0.3) is 5.91 Å². The first kappa shape index (κ1) is 16.6. The summed E-state index contributed by atoms with van der Waals surface area (Å²) in [5.74, 6) is -0.538. The van der Waals surface area contributed by atoms with Crippen LogP contribution in [0.4, 0.5) is 4.39 Å². The molecule has 0 aliphatic carbocycles. The van der Waals surface area contributed by atoms with Crippen LogP contribution in [0.5, 0.6) is 0 Å². The van der Waals surface area contributed by atoms with Crippen LogP contribution in [-0.2, 0) is 28.7 Å². The molecule has 2 N–H and O–H groups in total. The monoisotopic (exact) mass is 352 g/mol. The predicted molar refractivity (Wildman–Crippen MR) is 85.0 cm³/mol. The van der Waals surface area contributed by atoms with Gasteiger partial charge in [0, 0.05) is 32.3 Å². The number of hydrogen-bond donors (Lipinski definition) is 1. The zero-order valence-corrected chi connectivity index (χ0v) is 13.7. The standard InChI is InChI=1S/C15H17FN4O3S/c16-12-3-1-11(2-4-12)10-24(22,23)20-6-5-14-18-13(15(17)21)9-19(14)7-8-20/h1-4,9H,5-8,10H2,(H2,17,21). The van der Waals surface area contributed by atoms with E-state index in [2.05, 4.69) is 4.98 Å². The van der Waals surface area contributed by atoms with E-state index < -0.39 is 21.7 Å². The highest BCUT2D eigenvalue weighted by atomic mass is 32.2. The van der Waals surface area contributed by atoms with Gasteiger partial charge in [-0.3, -0.25) is 4.79 Å². The van der Waals surface area contributed by atoms with Gasteiger partial charge in [-0.15, -0.1) is 0 Å². The van der Waals surface area contributed by atoms with Crippen molar-refractivity contribution in [2.24, 2.45) is 5.73 Å². The number of halogens is 1. The van der Waals surface area contributed by atoms with Gasteiger partial charge in [-0.05, 0) is 17.7 Å². The smallest absolute Gasteiger partial charge is 0.268 e. The number of fused-ring (bicyclic) bond motifs is 1. The fourth-order valence-electron chi connectivity index (χ4n) is 2.68. The van der Waals surface area contributed by atoms with Crippen molar-refractivity contribution in [1.82, 2.24) is 13.9 Å². The van der Waals surface area contributed by atoms with Gasteiger partial charge in [-0.1, -0.05) is 12.1 Å². The number of aromatic nitrogens is 2. The molecule has 0 saturated carbocycles. The highest BCUT2D eigenvalue weighted by Gasteiger charge is 2.26. The molecule has 1 aromatic heterocycles. The molecule has 9 heteroatoms. The van der Waals surface area contributed by atoms with Crippen LogP contribution in [0.15, 0.2) is 30.5 Å². The van der Waals surface area contributed by atoms with Gasteiger partial charge in [-0.25, -0.2) is 17.8 Å². The number of primary amides is 1. The minimum Gasteiger partial charge on any atom is -0.364 e. The quantitative estimate of drug-likeness (QED) is 0.867. The summed E-state index contributed by atoms with van der Waals surface area (Å²) >= 11 is 0. The molecule has 0 fully saturated rings. The SMILES string of the molecule is NC(=O)c1cn2c(n1)CCN(S(=O)(=O)Cc1ccc(F)cc1)CC2. The second kappa shape index (κ2) is 6.33. The molecule has 24 heavy (non-hydrogen) atoms. The number of amides is 1. The molecular formula is C15H17FN4O3S. The Morgan fingerprint density at radius 1 is 1.21 bits per heavy atom. The molecule has 0 bridgehead atoms. The van der Waals surface area contributed by atoms with Crippen LogP contribution >= 0.6 is 0 Å². The molecule has 2 aromatic rings. The molecule has 1 aliphatic heterocycles. The summed E-state index contributed by atoms with van der Waals surface area (Å²) in [5.41, 5.74) is 5.93. The molecule has 1 aromatic carbocycles. The number of hydrogen-bond acceptors (Lipinski definition) is 4. The van der Waals surface area contributed by atoms with E-state index in [9.17, 15) is 17.6 Å². The zero-order chi connectivity index (χ0) is 17.3. The van der Waals surface area contributed by atoms with Gasteiger partial charge in [-0.2, -0.15) is 4.31 Å². The van der Waals surface area contributed by atoms with Crippen LogP contribution in [0.25, 0.3) is 0 Å². The number of imidazole rings is 1. The largest absolute Gasteiger partial charge is 0.364 e. The highest BCUT2D eigenvalue weighted by Crippen LogP contribution is 2.16. The number of benzene rings is 1. The van der Waals surface area contributed by atoms with Crippen LogP contribution in [-0.4, -0.2) is 41.3 Å². The van der Waals surface area contributed by atoms with E-state index in [0.717, 1.165) is 0 Å². The van der Waals surface area contributed by atoms with E-state index in [1.54, 1.807) is 10.8 Å². The Morgan fingerprint density at radius 2 is 1.92 bits per heavy atom. The lowest BCUT2D eigenvalue weighted by Gasteiger charge is -2.19. The fourth-order valence-corrected chi connectivity index (χ4v) is 4.21. The lowest BCUT2D eigenvalue weighted by Crippen LogP contribution is -2.34. The molecule has 0 spiro atoms. The van der Waals surface area contributed by atoms with E-state index in [4.69, 9.17) is 5.73 Å². The normalized spacial score (nSPS) is 15.7. The first-order chi connectivity index (χ1) is 11.3. The van der Waals surface area contributed by atoms with E-state index in [1.165, 1.54) is 28.6 Å². The predicted octanol–water partition coefficient (Wildman–Crippen LogP) is 0.509. The van der Waals surface area contributed by atoms with Crippen molar-refractivity contribution in [3.05, 3.63) is 53.4 Å². The highest BCUT2D eigenvalue weighted by molar-refractivity contribution is 7.88. The molecular weight excluding hydrogens is 335 g/mol. The van der Waals surface area contributed by atoms with Gasteiger partial charge in [0.1, 0.15) is 17.3 Å². The summed E-state index contributed by atoms with van der Waals surface area (Å²) < 4.78 is 41.2. The van der Waals surface area contributed by atoms with E-state index in [-0.39, 0.29) is 24.5 Å². The number of rotatable bonds is 4. The average molecular weight is 352 g/mol.